The third-order valence-electron chi connectivity index (χ3n) is 5.51. The van der Waals surface area contributed by atoms with Gasteiger partial charge in [-0.25, -0.2) is 4.79 Å². The molecule has 2 aromatic rings. The van der Waals surface area contributed by atoms with Crippen molar-refractivity contribution in [3.63, 3.8) is 0 Å². The molecule has 0 radical (unpaired) electrons. The van der Waals surface area contributed by atoms with Crippen molar-refractivity contribution in [1.82, 2.24) is 5.32 Å². The number of para-hydroxylation sites is 1. The average molecular weight is 356 g/mol. The second kappa shape index (κ2) is 6.81. The molecule has 1 fully saturated rings. The summed E-state index contributed by atoms with van der Waals surface area (Å²) in [5.74, 6) is 0. The minimum atomic E-state index is 0.0102. The molecule has 0 bridgehead atoms. The van der Waals surface area contributed by atoms with Gasteiger partial charge < -0.3 is 10.1 Å². The fourth-order valence-corrected chi connectivity index (χ4v) is 4.95. The molecule has 1 saturated heterocycles. The highest BCUT2D eigenvalue weighted by atomic mass is 32.1. The molecule has 1 unspecified atom stereocenters. The van der Waals surface area contributed by atoms with E-state index in [1.807, 2.05) is 17.0 Å². The van der Waals surface area contributed by atoms with Gasteiger partial charge in [0.1, 0.15) is 0 Å². The van der Waals surface area contributed by atoms with Crippen molar-refractivity contribution < 1.29 is 9.53 Å². The van der Waals surface area contributed by atoms with Crippen molar-refractivity contribution in [3.8, 4) is 0 Å². The first-order chi connectivity index (χ1) is 12.2. The maximum absolute atomic E-state index is 13.1. The van der Waals surface area contributed by atoms with Crippen LogP contribution in [0.2, 0.25) is 0 Å². The third-order valence-corrected chi connectivity index (χ3v) is 6.50. The van der Waals surface area contributed by atoms with Crippen molar-refractivity contribution in [1.29, 1.82) is 0 Å². The Hall–Kier alpha value is -1.85. The number of hydrogen-bond donors (Lipinski definition) is 1. The van der Waals surface area contributed by atoms with Crippen LogP contribution < -0.4 is 10.2 Å². The fourth-order valence-electron chi connectivity index (χ4n) is 4.09. The van der Waals surface area contributed by atoms with Crippen LogP contribution in [0.4, 0.5) is 10.5 Å². The summed E-state index contributed by atoms with van der Waals surface area (Å²) >= 11 is 1.70. The molecule has 25 heavy (non-hydrogen) atoms. The van der Waals surface area contributed by atoms with E-state index in [2.05, 4.69) is 41.9 Å². The molecule has 5 heteroatoms. The topological polar surface area (TPSA) is 41.6 Å². The summed E-state index contributed by atoms with van der Waals surface area (Å²) in [5, 5.41) is 5.30. The Morgan fingerprint density at radius 1 is 1.28 bits per heavy atom. The van der Waals surface area contributed by atoms with Crippen LogP contribution in [0, 0.1) is 0 Å². The van der Waals surface area contributed by atoms with Gasteiger partial charge in [-0.3, -0.25) is 4.90 Å². The molecule has 1 N–H and O–H groups in total. The summed E-state index contributed by atoms with van der Waals surface area (Å²) in [6.45, 7) is 4.41. The maximum Gasteiger partial charge on any atom is 0.322 e. The zero-order valence-corrected chi connectivity index (χ0v) is 15.3. The van der Waals surface area contributed by atoms with Crippen molar-refractivity contribution >= 4 is 23.1 Å². The van der Waals surface area contributed by atoms with E-state index in [0.717, 1.165) is 44.7 Å². The summed E-state index contributed by atoms with van der Waals surface area (Å²) in [6.07, 6.45) is 2.85. The summed E-state index contributed by atoms with van der Waals surface area (Å²) < 4.78 is 5.58. The van der Waals surface area contributed by atoms with Gasteiger partial charge in [-0.2, -0.15) is 0 Å². The molecule has 1 atom stereocenters. The van der Waals surface area contributed by atoms with E-state index >= 15 is 0 Å². The van der Waals surface area contributed by atoms with Crippen LogP contribution in [0.1, 0.15) is 42.7 Å². The summed E-state index contributed by atoms with van der Waals surface area (Å²) in [5.41, 5.74) is 2.41. The van der Waals surface area contributed by atoms with E-state index < -0.39 is 0 Å². The lowest BCUT2D eigenvalue weighted by atomic mass is 9.76. The number of fused-ring (bicyclic) bond motifs is 2. The Labute approximate surface area is 152 Å². The van der Waals surface area contributed by atoms with Gasteiger partial charge in [-0.05, 0) is 42.3 Å². The predicted octanol–water partition coefficient (Wildman–Crippen LogP) is 4.48. The SMILES string of the molecule is CCC(NC(=O)N1CC2(CCOCC2)c2ccccc21)c1cccs1. The molecular formula is C20H24N2O2S. The first-order valence-electron chi connectivity index (χ1n) is 9.02. The highest BCUT2D eigenvalue weighted by molar-refractivity contribution is 7.10. The number of carbonyl (C=O) groups excluding carboxylic acids is 1. The molecule has 1 spiro atoms. The zero-order valence-electron chi connectivity index (χ0n) is 14.5. The summed E-state index contributed by atoms with van der Waals surface area (Å²) in [4.78, 5) is 16.2. The summed E-state index contributed by atoms with van der Waals surface area (Å²) in [6, 6.07) is 12.6. The number of hydrogen-bond acceptors (Lipinski definition) is 3. The first-order valence-corrected chi connectivity index (χ1v) is 9.90. The molecule has 2 aliphatic rings. The van der Waals surface area contributed by atoms with Crippen LogP contribution in [0.25, 0.3) is 0 Å². The lowest BCUT2D eigenvalue weighted by Gasteiger charge is -2.34. The number of thiophene rings is 1. The smallest absolute Gasteiger partial charge is 0.322 e. The number of rotatable bonds is 3. The normalized spacial score (nSPS) is 19.6. The largest absolute Gasteiger partial charge is 0.381 e. The Kier molecular flexibility index (Phi) is 4.52. The minimum absolute atomic E-state index is 0.0102. The number of carbonyl (C=O) groups is 1. The van der Waals surface area contributed by atoms with E-state index in [0.29, 0.717) is 0 Å². The van der Waals surface area contributed by atoms with Gasteiger partial charge in [0.15, 0.2) is 0 Å². The predicted molar refractivity (Wildman–Crippen MR) is 101 cm³/mol. The standard InChI is InChI=1S/C20H24N2O2S/c1-2-16(18-8-5-13-25-18)21-19(23)22-14-20(9-11-24-12-10-20)15-6-3-4-7-17(15)22/h3-8,13,16H,2,9-12,14H2,1H3,(H,21,23). The third kappa shape index (κ3) is 2.96. The minimum Gasteiger partial charge on any atom is -0.381 e. The average Bonchev–Trinajstić information content (AvgIpc) is 3.28. The van der Waals surface area contributed by atoms with Gasteiger partial charge in [0, 0.05) is 35.7 Å². The van der Waals surface area contributed by atoms with Gasteiger partial charge in [-0.15, -0.1) is 11.3 Å². The van der Waals surface area contributed by atoms with Gasteiger partial charge in [0.25, 0.3) is 0 Å². The van der Waals surface area contributed by atoms with Crippen molar-refractivity contribution in [2.24, 2.45) is 0 Å². The lowest BCUT2D eigenvalue weighted by molar-refractivity contribution is 0.0556. The van der Waals surface area contributed by atoms with Gasteiger partial charge in [-0.1, -0.05) is 31.2 Å². The Bertz CT molecular complexity index is 738. The quantitative estimate of drug-likeness (QED) is 0.881. The monoisotopic (exact) mass is 356 g/mol. The Balaban J connectivity index is 1.59. The Morgan fingerprint density at radius 3 is 2.80 bits per heavy atom. The number of nitrogens with one attached hydrogen (secondary N) is 1. The molecule has 1 aromatic heterocycles. The second-order valence-electron chi connectivity index (χ2n) is 6.92. The maximum atomic E-state index is 13.1. The van der Waals surface area contributed by atoms with E-state index in [4.69, 9.17) is 4.74 Å². The Morgan fingerprint density at radius 2 is 2.08 bits per heavy atom. The molecule has 2 amide bonds. The zero-order chi connectivity index (χ0) is 17.3. The lowest BCUT2D eigenvalue weighted by Crippen LogP contribution is -2.45. The van der Waals surface area contributed by atoms with Crippen LogP contribution in [-0.4, -0.2) is 25.8 Å². The number of anilines is 1. The van der Waals surface area contributed by atoms with Crippen molar-refractivity contribution in [3.05, 3.63) is 52.2 Å². The van der Waals surface area contributed by atoms with E-state index in [-0.39, 0.29) is 17.5 Å². The molecule has 1 aromatic carbocycles. The van der Waals surface area contributed by atoms with Crippen LogP contribution >= 0.6 is 11.3 Å². The molecule has 4 rings (SSSR count). The van der Waals surface area contributed by atoms with Crippen LogP contribution in [0.5, 0.6) is 0 Å². The second-order valence-corrected chi connectivity index (χ2v) is 7.90. The number of benzene rings is 1. The highest BCUT2D eigenvalue weighted by Gasteiger charge is 2.45. The number of ether oxygens (including phenoxy) is 1. The highest BCUT2D eigenvalue weighted by Crippen LogP contribution is 2.46. The molecule has 4 nitrogen and oxygen atoms in total. The van der Waals surface area contributed by atoms with Crippen LogP contribution in [-0.2, 0) is 10.2 Å². The molecule has 132 valence electrons. The molecule has 0 aliphatic carbocycles. The van der Waals surface area contributed by atoms with E-state index in [1.54, 1.807) is 11.3 Å². The molecule has 3 heterocycles. The molecular weight excluding hydrogens is 332 g/mol. The van der Waals surface area contributed by atoms with Gasteiger partial charge in [0.2, 0.25) is 0 Å². The number of urea groups is 1. The first kappa shape index (κ1) is 16.6. The van der Waals surface area contributed by atoms with E-state index in [9.17, 15) is 4.79 Å². The number of nitrogens with zero attached hydrogens (tertiary/aromatic N) is 1. The van der Waals surface area contributed by atoms with Gasteiger partial charge >= 0.3 is 6.03 Å². The fraction of sp³-hybridized carbons (Fsp3) is 0.450. The molecule has 0 saturated carbocycles. The van der Waals surface area contributed by atoms with E-state index in [1.165, 1.54) is 10.4 Å². The van der Waals surface area contributed by atoms with Crippen molar-refractivity contribution in [2.45, 2.75) is 37.6 Å². The van der Waals surface area contributed by atoms with Gasteiger partial charge in [0.05, 0.1) is 6.04 Å². The number of amides is 2. The molecule has 2 aliphatic heterocycles. The van der Waals surface area contributed by atoms with Crippen LogP contribution in [0.15, 0.2) is 41.8 Å². The van der Waals surface area contributed by atoms with Crippen LogP contribution in [0.3, 0.4) is 0 Å². The van der Waals surface area contributed by atoms with Crippen molar-refractivity contribution in [2.75, 3.05) is 24.7 Å². The summed E-state index contributed by atoms with van der Waals surface area (Å²) in [7, 11) is 0.